The minimum absolute atomic E-state index is 0.173. The summed E-state index contributed by atoms with van der Waals surface area (Å²) < 4.78 is 0. The van der Waals surface area contributed by atoms with Gasteiger partial charge in [0.2, 0.25) is 5.28 Å². The number of halogens is 1. The molecule has 0 radical (unpaired) electrons. The van der Waals surface area contributed by atoms with E-state index in [2.05, 4.69) is 107 Å². The fourth-order valence-electron chi connectivity index (χ4n) is 5.26. The highest BCUT2D eigenvalue weighted by Gasteiger charge is 2.15. The molecule has 0 atom stereocenters. The van der Waals surface area contributed by atoms with Crippen molar-refractivity contribution in [1.82, 2.24) is 15.0 Å². The monoisotopic (exact) mass is 519 g/mol. The minimum atomic E-state index is 0.173. The summed E-state index contributed by atoms with van der Waals surface area (Å²) in [4.78, 5) is 13.7. The van der Waals surface area contributed by atoms with Crippen molar-refractivity contribution in [3.63, 3.8) is 0 Å². The van der Waals surface area contributed by atoms with Gasteiger partial charge in [-0.1, -0.05) is 121 Å². The summed E-state index contributed by atoms with van der Waals surface area (Å²) in [6.45, 7) is 0. The van der Waals surface area contributed by atoms with Crippen molar-refractivity contribution < 1.29 is 0 Å². The smallest absolute Gasteiger partial charge is 0.208 e. The van der Waals surface area contributed by atoms with Crippen LogP contribution < -0.4 is 0 Å². The molecule has 39 heavy (non-hydrogen) atoms. The molecule has 1 aromatic heterocycles. The molecule has 0 aliphatic rings. The molecule has 0 saturated carbocycles. The summed E-state index contributed by atoms with van der Waals surface area (Å²) in [6, 6.07) is 46.2. The lowest BCUT2D eigenvalue weighted by Crippen LogP contribution is -1.97. The van der Waals surface area contributed by atoms with Crippen molar-refractivity contribution in [2.75, 3.05) is 0 Å². The third-order valence-corrected chi connectivity index (χ3v) is 7.21. The molecule has 7 aromatic rings. The van der Waals surface area contributed by atoms with Gasteiger partial charge in [-0.3, -0.25) is 0 Å². The van der Waals surface area contributed by atoms with E-state index < -0.39 is 0 Å². The van der Waals surface area contributed by atoms with Gasteiger partial charge in [-0.25, -0.2) is 4.98 Å². The van der Waals surface area contributed by atoms with E-state index in [9.17, 15) is 0 Å². The van der Waals surface area contributed by atoms with E-state index >= 15 is 0 Å². The number of fused-ring (bicyclic) bond motifs is 3. The van der Waals surface area contributed by atoms with Gasteiger partial charge < -0.3 is 0 Å². The number of aromatic nitrogens is 3. The van der Waals surface area contributed by atoms with Crippen LogP contribution in [0, 0.1) is 0 Å². The van der Waals surface area contributed by atoms with E-state index in [-0.39, 0.29) is 5.28 Å². The summed E-state index contributed by atoms with van der Waals surface area (Å²) in [7, 11) is 0. The van der Waals surface area contributed by atoms with Crippen molar-refractivity contribution >= 4 is 33.1 Å². The molecule has 0 aliphatic heterocycles. The highest BCUT2D eigenvalue weighted by Crippen LogP contribution is 2.41. The first kappa shape index (κ1) is 23.3. The van der Waals surface area contributed by atoms with E-state index in [0.29, 0.717) is 11.6 Å². The van der Waals surface area contributed by atoms with Gasteiger partial charge >= 0.3 is 0 Å². The first-order valence-electron chi connectivity index (χ1n) is 12.8. The Labute approximate surface area is 231 Å². The SMILES string of the molecule is Clc1nc(-c2ccccc2)nc(-c2ccc3c(c2)c(-c2ccccc2)cc2cccc(-c4ccccc4)c23)n1. The van der Waals surface area contributed by atoms with E-state index in [1.54, 1.807) is 0 Å². The number of nitrogens with zero attached hydrogens (tertiary/aromatic N) is 3. The number of hydrogen-bond donors (Lipinski definition) is 0. The fourth-order valence-corrected chi connectivity index (χ4v) is 5.42. The van der Waals surface area contributed by atoms with Gasteiger partial charge in [0.1, 0.15) is 0 Å². The van der Waals surface area contributed by atoms with Crippen LogP contribution in [0.3, 0.4) is 0 Å². The van der Waals surface area contributed by atoms with Gasteiger partial charge in [0.25, 0.3) is 0 Å². The molecule has 0 amide bonds. The molecule has 4 heteroatoms. The van der Waals surface area contributed by atoms with E-state index in [0.717, 1.165) is 27.6 Å². The van der Waals surface area contributed by atoms with Crippen molar-refractivity contribution in [3.05, 3.63) is 139 Å². The second-order valence-electron chi connectivity index (χ2n) is 9.44. The molecule has 1 heterocycles. The predicted octanol–water partition coefficient (Wildman–Crippen LogP) is 9.50. The molecule has 0 N–H and O–H groups in total. The van der Waals surface area contributed by atoms with Crippen molar-refractivity contribution in [2.24, 2.45) is 0 Å². The molecule has 0 fully saturated rings. The highest BCUT2D eigenvalue weighted by atomic mass is 35.5. The maximum Gasteiger partial charge on any atom is 0.226 e. The second-order valence-corrected chi connectivity index (χ2v) is 9.78. The van der Waals surface area contributed by atoms with Crippen LogP contribution in [0.1, 0.15) is 0 Å². The minimum Gasteiger partial charge on any atom is -0.208 e. The Morgan fingerprint density at radius 1 is 0.410 bits per heavy atom. The maximum absolute atomic E-state index is 6.40. The normalized spacial score (nSPS) is 11.2. The fraction of sp³-hybridized carbons (Fsp3) is 0. The summed E-state index contributed by atoms with van der Waals surface area (Å²) in [5, 5.41) is 4.91. The molecular formula is C35H22ClN3. The Kier molecular flexibility index (Phi) is 5.84. The van der Waals surface area contributed by atoms with Crippen molar-refractivity contribution in [2.45, 2.75) is 0 Å². The van der Waals surface area contributed by atoms with Crippen molar-refractivity contribution in [3.8, 4) is 45.0 Å². The summed E-state index contributed by atoms with van der Waals surface area (Å²) >= 11 is 6.40. The van der Waals surface area contributed by atoms with Crippen LogP contribution in [0.25, 0.3) is 66.6 Å². The lowest BCUT2D eigenvalue weighted by atomic mass is 9.88. The molecule has 0 bridgehead atoms. The Morgan fingerprint density at radius 3 is 1.67 bits per heavy atom. The lowest BCUT2D eigenvalue weighted by molar-refractivity contribution is 1.07. The molecule has 0 unspecified atom stereocenters. The van der Waals surface area contributed by atoms with Crippen LogP contribution in [0.4, 0.5) is 0 Å². The molecule has 0 aliphatic carbocycles. The Hall–Kier alpha value is -4.86. The molecule has 0 saturated heterocycles. The van der Waals surface area contributed by atoms with Gasteiger partial charge in [-0.15, -0.1) is 0 Å². The van der Waals surface area contributed by atoms with Gasteiger partial charge in [0.05, 0.1) is 0 Å². The number of rotatable bonds is 4. The lowest BCUT2D eigenvalue weighted by Gasteiger charge is -2.16. The van der Waals surface area contributed by atoms with Crippen LogP contribution >= 0.6 is 11.6 Å². The van der Waals surface area contributed by atoms with Gasteiger partial charge in [0, 0.05) is 11.1 Å². The van der Waals surface area contributed by atoms with Gasteiger partial charge in [-0.05, 0) is 67.5 Å². The topological polar surface area (TPSA) is 38.7 Å². The van der Waals surface area contributed by atoms with Crippen molar-refractivity contribution in [1.29, 1.82) is 0 Å². The summed E-state index contributed by atoms with van der Waals surface area (Å²) in [5.74, 6) is 1.10. The zero-order valence-electron chi connectivity index (χ0n) is 20.9. The van der Waals surface area contributed by atoms with E-state index in [4.69, 9.17) is 16.6 Å². The Balaban J connectivity index is 1.51. The maximum atomic E-state index is 6.40. The molecule has 3 nitrogen and oxygen atoms in total. The molecule has 6 aromatic carbocycles. The zero-order chi connectivity index (χ0) is 26.2. The Morgan fingerprint density at radius 2 is 1.00 bits per heavy atom. The number of hydrogen-bond acceptors (Lipinski definition) is 3. The summed E-state index contributed by atoms with van der Waals surface area (Å²) in [6.07, 6.45) is 0. The van der Waals surface area contributed by atoms with Crippen LogP contribution in [0.15, 0.2) is 133 Å². The van der Waals surface area contributed by atoms with E-state index in [1.165, 1.54) is 27.3 Å². The van der Waals surface area contributed by atoms with Gasteiger partial charge in [0.15, 0.2) is 11.6 Å². The molecule has 184 valence electrons. The third kappa shape index (κ3) is 4.33. The quantitative estimate of drug-likeness (QED) is 0.217. The number of benzene rings is 6. The van der Waals surface area contributed by atoms with Crippen LogP contribution in [0.2, 0.25) is 5.28 Å². The van der Waals surface area contributed by atoms with Crippen LogP contribution in [-0.4, -0.2) is 15.0 Å². The first-order valence-corrected chi connectivity index (χ1v) is 13.2. The molecule has 0 spiro atoms. The second kappa shape index (κ2) is 9.79. The Bertz CT molecular complexity index is 1950. The first-order chi connectivity index (χ1) is 19.2. The zero-order valence-corrected chi connectivity index (χ0v) is 21.7. The average Bonchev–Trinajstić information content (AvgIpc) is 3.01. The highest BCUT2D eigenvalue weighted by molar-refractivity contribution is 6.28. The molecule has 7 rings (SSSR count). The molecular weight excluding hydrogens is 498 g/mol. The van der Waals surface area contributed by atoms with E-state index in [1.807, 2.05) is 36.4 Å². The largest absolute Gasteiger partial charge is 0.226 e. The van der Waals surface area contributed by atoms with Crippen LogP contribution in [-0.2, 0) is 0 Å². The van der Waals surface area contributed by atoms with Gasteiger partial charge in [-0.2, -0.15) is 9.97 Å². The third-order valence-electron chi connectivity index (χ3n) is 7.04. The predicted molar refractivity (Wildman–Crippen MR) is 162 cm³/mol. The standard InChI is InChI=1S/C35H22ClN3/c36-35-38-33(25-15-8-3-9-16-25)37-34(39-35)27-19-20-29-31(22-27)30(24-13-6-2-7-14-24)21-26-17-10-18-28(32(26)29)23-11-4-1-5-12-23/h1-22H. The summed E-state index contributed by atoms with van der Waals surface area (Å²) in [5.41, 5.74) is 6.50. The van der Waals surface area contributed by atoms with Crippen LogP contribution in [0.5, 0.6) is 0 Å². The average molecular weight is 520 g/mol.